The van der Waals surface area contributed by atoms with E-state index in [1.807, 2.05) is 11.6 Å². The number of rotatable bonds is 4. The molecule has 0 aliphatic heterocycles. The molecule has 2 rings (SSSR count). The van der Waals surface area contributed by atoms with Crippen molar-refractivity contribution >= 4 is 31.9 Å². The van der Waals surface area contributed by atoms with Gasteiger partial charge in [-0.05, 0) is 47.5 Å². The number of benzene rings is 1. The van der Waals surface area contributed by atoms with Gasteiger partial charge in [-0.3, -0.25) is 0 Å². The Bertz CT molecular complexity index is 618. The predicted octanol–water partition coefficient (Wildman–Crippen LogP) is 4.51. The zero-order valence-corrected chi connectivity index (χ0v) is 15.3. The van der Waals surface area contributed by atoms with E-state index in [2.05, 4.69) is 81.2 Å². The van der Waals surface area contributed by atoms with E-state index in [0.717, 1.165) is 32.6 Å². The molecule has 0 aliphatic carbocycles. The van der Waals surface area contributed by atoms with Gasteiger partial charge in [0.05, 0.1) is 21.5 Å². The third-order valence-corrected chi connectivity index (χ3v) is 4.82. The molecule has 0 atom stereocenters. The summed E-state index contributed by atoms with van der Waals surface area (Å²) in [5, 5.41) is 8.09. The highest BCUT2D eigenvalue weighted by atomic mass is 79.9. The van der Waals surface area contributed by atoms with Crippen LogP contribution in [-0.2, 0) is 6.54 Å². The lowest BCUT2D eigenvalue weighted by Gasteiger charge is -2.14. The molecule has 108 valence electrons. The Kier molecular flexibility index (Phi) is 5.04. The molecule has 3 nitrogen and oxygen atoms in total. The summed E-state index contributed by atoms with van der Waals surface area (Å²) in [6.07, 6.45) is 0. The van der Waals surface area contributed by atoms with Crippen LogP contribution in [-0.4, -0.2) is 15.8 Å². The Morgan fingerprint density at radius 1 is 1.25 bits per heavy atom. The van der Waals surface area contributed by atoms with Crippen LogP contribution < -0.4 is 5.32 Å². The van der Waals surface area contributed by atoms with Crippen LogP contribution >= 0.6 is 31.9 Å². The standard InChI is InChI=1S/C15H19Br2N3/c1-9(2)18-8-12-5-6-13(16)7-14(12)20-11(4)15(17)10(3)19-20/h5-7,9,18H,8H2,1-4H3. The molecule has 20 heavy (non-hydrogen) atoms. The van der Waals surface area contributed by atoms with E-state index in [-0.39, 0.29) is 0 Å². The van der Waals surface area contributed by atoms with Crippen molar-refractivity contribution < 1.29 is 0 Å². The van der Waals surface area contributed by atoms with E-state index < -0.39 is 0 Å². The summed E-state index contributed by atoms with van der Waals surface area (Å²) in [6.45, 7) is 9.22. The van der Waals surface area contributed by atoms with E-state index >= 15 is 0 Å². The monoisotopic (exact) mass is 399 g/mol. The fourth-order valence-corrected chi connectivity index (χ4v) is 2.65. The molecule has 1 aromatic heterocycles. The minimum Gasteiger partial charge on any atom is -0.310 e. The van der Waals surface area contributed by atoms with Crippen molar-refractivity contribution in [2.45, 2.75) is 40.3 Å². The highest BCUT2D eigenvalue weighted by molar-refractivity contribution is 9.10. The number of aryl methyl sites for hydroxylation is 1. The fourth-order valence-electron chi connectivity index (χ4n) is 2.06. The zero-order chi connectivity index (χ0) is 14.9. The third kappa shape index (κ3) is 3.32. The molecule has 1 heterocycles. The quantitative estimate of drug-likeness (QED) is 0.817. The normalized spacial score (nSPS) is 11.3. The molecule has 0 saturated heterocycles. The van der Waals surface area contributed by atoms with Crippen LogP contribution in [0.3, 0.4) is 0 Å². The number of halogens is 2. The van der Waals surface area contributed by atoms with Crippen LogP contribution in [0, 0.1) is 13.8 Å². The van der Waals surface area contributed by atoms with Gasteiger partial charge >= 0.3 is 0 Å². The maximum absolute atomic E-state index is 4.63. The molecular weight excluding hydrogens is 382 g/mol. The van der Waals surface area contributed by atoms with Gasteiger partial charge in [0.1, 0.15) is 0 Å². The molecule has 0 radical (unpaired) electrons. The van der Waals surface area contributed by atoms with Crippen molar-refractivity contribution in [2.75, 3.05) is 0 Å². The van der Waals surface area contributed by atoms with Crippen molar-refractivity contribution in [3.8, 4) is 5.69 Å². The number of aromatic nitrogens is 2. The Morgan fingerprint density at radius 3 is 2.50 bits per heavy atom. The first-order chi connectivity index (χ1) is 9.40. The van der Waals surface area contributed by atoms with Crippen LogP contribution in [0.1, 0.15) is 30.8 Å². The molecule has 0 saturated carbocycles. The van der Waals surface area contributed by atoms with Gasteiger partial charge in [0.25, 0.3) is 0 Å². The average Bonchev–Trinajstić information content (AvgIpc) is 2.65. The molecule has 0 unspecified atom stereocenters. The van der Waals surface area contributed by atoms with Crippen molar-refractivity contribution in [2.24, 2.45) is 0 Å². The van der Waals surface area contributed by atoms with Gasteiger partial charge in [-0.1, -0.05) is 35.8 Å². The number of nitrogens with zero attached hydrogens (tertiary/aromatic N) is 2. The van der Waals surface area contributed by atoms with Crippen LogP contribution in [0.25, 0.3) is 5.69 Å². The summed E-state index contributed by atoms with van der Waals surface area (Å²) in [7, 11) is 0. The third-order valence-electron chi connectivity index (χ3n) is 3.18. The molecular formula is C15H19Br2N3. The van der Waals surface area contributed by atoms with Gasteiger partial charge in [0, 0.05) is 17.1 Å². The molecule has 5 heteroatoms. The van der Waals surface area contributed by atoms with E-state index in [1.165, 1.54) is 5.56 Å². The van der Waals surface area contributed by atoms with Crippen LogP contribution in [0.5, 0.6) is 0 Å². The lowest BCUT2D eigenvalue weighted by molar-refractivity contribution is 0.586. The Labute approximate surface area is 137 Å². The van der Waals surface area contributed by atoms with E-state index in [4.69, 9.17) is 0 Å². The van der Waals surface area contributed by atoms with Gasteiger partial charge in [-0.2, -0.15) is 5.10 Å². The summed E-state index contributed by atoms with van der Waals surface area (Å²) >= 11 is 7.14. The largest absolute Gasteiger partial charge is 0.310 e. The fraction of sp³-hybridized carbons (Fsp3) is 0.400. The van der Waals surface area contributed by atoms with Crippen molar-refractivity contribution in [1.29, 1.82) is 0 Å². The Hall–Kier alpha value is -0.650. The summed E-state index contributed by atoms with van der Waals surface area (Å²) in [6, 6.07) is 6.78. The highest BCUT2D eigenvalue weighted by Crippen LogP contribution is 2.26. The first kappa shape index (κ1) is 15.7. The van der Waals surface area contributed by atoms with Gasteiger partial charge in [0.15, 0.2) is 0 Å². The molecule has 2 aromatic rings. The van der Waals surface area contributed by atoms with Gasteiger partial charge in [-0.25, -0.2) is 4.68 Å². The smallest absolute Gasteiger partial charge is 0.0743 e. The van der Waals surface area contributed by atoms with Crippen molar-refractivity contribution in [3.63, 3.8) is 0 Å². The van der Waals surface area contributed by atoms with E-state index in [9.17, 15) is 0 Å². The van der Waals surface area contributed by atoms with Crippen molar-refractivity contribution in [3.05, 3.63) is 44.1 Å². The molecule has 0 aliphatic rings. The second-order valence-electron chi connectivity index (χ2n) is 5.21. The summed E-state index contributed by atoms with van der Waals surface area (Å²) in [5.74, 6) is 0. The Balaban J connectivity index is 2.48. The number of hydrogen-bond acceptors (Lipinski definition) is 2. The maximum atomic E-state index is 4.63. The second-order valence-corrected chi connectivity index (χ2v) is 6.91. The van der Waals surface area contributed by atoms with Gasteiger partial charge in [0.2, 0.25) is 0 Å². The SMILES string of the molecule is Cc1nn(-c2cc(Br)ccc2CNC(C)C)c(C)c1Br. The second kappa shape index (κ2) is 6.41. The molecule has 0 fully saturated rings. The summed E-state index contributed by atoms with van der Waals surface area (Å²) in [4.78, 5) is 0. The van der Waals surface area contributed by atoms with Crippen LogP contribution in [0.15, 0.2) is 27.1 Å². The van der Waals surface area contributed by atoms with Gasteiger partial charge in [-0.15, -0.1) is 0 Å². The highest BCUT2D eigenvalue weighted by Gasteiger charge is 2.13. The minimum atomic E-state index is 0.457. The van der Waals surface area contributed by atoms with Crippen molar-refractivity contribution in [1.82, 2.24) is 15.1 Å². The minimum absolute atomic E-state index is 0.457. The maximum Gasteiger partial charge on any atom is 0.0743 e. The van der Waals surface area contributed by atoms with Gasteiger partial charge < -0.3 is 5.32 Å². The topological polar surface area (TPSA) is 29.9 Å². The lowest BCUT2D eigenvalue weighted by Crippen LogP contribution is -2.22. The van der Waals surface area contributed by atoms with Crippen LogP contribution in [0.4, 0.5) is 0 Å². The predicted molar refractivity (Wildman–Crippen MR) is 90.4 cm³/mol. The summed E-state index contributed by atoms with van der Waals surface area (Å²) in [5.41, 5.74) is 4.47. The average molecular weight is 401 g/mol. The molecule has 0 bridgehead atoms. The first-order valence-electron chi connectivity index (χ1n) is 6.64. The van der Waals surface area contributed by atoms with Crippen LogP contribution in [0.2, 0.25) is 0 Å². The lowest BCUT2D eigenvalue weighted by atomic mass is 10.1. The van der Waals surface area contributed by atoms with E-state index in [0.29, 0.717) is 6.04 Å². The summed E-state index contributed by atoms with van der Waals surface area (Å²) < 4.78 is 4.13. The zero-order valence-electron chi connectivity index (χ0n) is 12.2. The number of nitrogens with one attached hydrogen (secondary N) is 1. The Morgan fingerprint density at radius 2 is 1.95 bits per heavy atom. The molecule has 0 amide bonds. The number of hydrogen-bond donors (Lipinski definition) is 1. The first-order valence-corrected chi connectivity index (χ1v) is 8.22. The molecule has 1 N–H and O–H groups in total. The molecule has 0 spiro atoms. The molecule has 1 aromatic carbocycles. The van der Waals surface area contributed by atoms with E-state index in [1.54, 1.807) is 0 Å².